The van der Waals surface area contributed by atoms with Crippen LogP contribution in [0.2, 0.25) is 0 Å². The molecule has 2 aromatic carbocycles. The lowest BCUT2D eigenvalue weighted by molar-refractivity contribution is 0.0601. The number of nitrogens with zero attached hydrogens (tertiary/aromatic N) is 2. The van der Waals surface area contributed by atoms with Gasteiger partial charge in [-0.15, -0.1) is 0 Å². The van der Waals surface area contributed by atoms with E-state index in [0.717, 1.165) is 30.9 Å². The molecule has 0 unspecified atom stereocenters. The Bertz CT molecular complexity index is 1030. The fourth-order valence-corrected chi connectivity index (χ4v) is 3.82. The minimum absolute atomic E-state index is 0.325. The number of imidazole rings is 1. The molecule has 2 aromatic heterocycles. The highest BCUT2D eigenvalue weighted by molar-refractivity contribution is 9.10. The zero-order valence-corrected chi connectivity index (χ0v) is 14.5. The van der Waals surface area contributed by atoms with Crippen LogP contribution in [0.25, 0.3) is 26.4 Å². The molecule has 6 heteroatoms. The van der Waals surface area contributed by atoms with Gasteiger partial charge in [0.2, 0.25) is 0 Å². The quantitative estimate of drug-likeness (QED) is 0.466. The van der Waals surface area contributed by atoms with Crippen LogP contribution >= 0.6 is 27.3 Å². The predicted molar refractivity (Wildman–Crippen MR) is 95.1 cm³/mol. The van der Waals surface area contributed by atoms with Crippen LogP contribution in [-0.4, -0.2) is 22.5 Å². The van der Waals surface area contributed by atoms with Gasteiger partial charge in [-0.05, 0) is 30.3 Å². The standard InChI is InChI=1S/C17H11BrN2O2S/c1-22-16(21)11-4-7-14-15(8-11)23-17-19-13(9-20(14)17)10-2-5-12(18)6-3-10/h2-9H,1H3. The molecule has 0 radical (unpaired) electrons. The number of methoxy groups -OCH3 is 1. The summed E-state index contributed by atoms with van der Waals surface area (Å²) in [6.45, 7) is 0. The van der Waals surface area contributed by atoms with Crippen LogP contribution in [0.3, 0.4) is 0 Å². The summed E-state index contributed by atoms with van der Waals surface area (Å²) < 4.78 is 8.88. The van der Waals surface area contributed by atoms with Gasteiger partial charge >= 0.3 is 5.97 Å². The average molecular weight is 387 g/mol. The van der Waals surface area contributed by atoms with E-state index in [1.807, 2.05) is 42.6 Å². The number of esters is 1. The third kappa shape index (κ3) is 2.44. The summed E-state index contributed by atoms with van der Waals surface area (Å²) >= 11 is 5.00. The van der Waals surface area contributed by atoms with Crippen molar-refractivity contribution >= 4 is 48.4 Å². The molecule has 0 fully saturated rings. The van der Waals surface area contributed by atoms with E-state index in [0.29, 0.717) is 5.56 Å². The number of halogens is 1. The summed E-state index contributed by atoms with van der Waals surface area (Å²) in [5, 5.41) is 0. The third-order valence-corrected chi connectivity index (χ3v) is 5.20. The molecule has 0 bridgehead atoms. The molecule has 114 valence electrons. The Morgan fingerprint density at radius 3 is 2.74 bits per heavy atom. The van der Waals surface area contributed by atoms with Crippen molar-refractivity contribution in [3.63, 3.8) is 0 Å². The van der Waals surface area contributed by atoms with E-state index >= 15 is 0 Å². The van der Waals surface area contributed by atoms with E-state index < -0.39 is 0 Å². The van der Waals surface area contributed by atoms with Gasteiger partial charge in [-0.2, -0.15) is 0 Å². The van der Waals surface area contributed by atoms with Crippen molar-refractivity contribution < 1.29 is 9.53 Å². The van der Waals surface area contributed by atoms with Crippen molar-refractivity contribution in [3.8, 4) is 11.3 Å². The molecule has 0 aliphatic heterocycles. The summed E-state index contributed by atoms with van der Waals surface area (Å²) in [5.41, 5.74) is 3.59. The molecule has 23 heavy (non-hydrogen) atoms. The number of hydrogen-bond donors (Lipinski definition) is 0. The zero-order valence-electron chi connectivity index (χ0n) is 12.1. The van der Waals surface area contributed by atoms with Crippen LogP contribution in [0, 0.1) is 0 Å². The first-order valence-electron chi connectivity index (χ1n) is 6.91. The monoisotopic (exact) mass is 386 g/mol. The van der Waals surface area contributed by atoms with Crippen LogP contribution in [0.5, 0.6) is 0 Å². The van der Waals surface area contributed by atoms with Gasteiger partial charge in [0, 0.05) is 16.2 Å². The van der Waals surface area contributed by atoms with E-state index in [-0.39, 0.29) is 5.97 Å². The van der Waals surface area contributed by atoms with Gasteiger partial charge in [0.25, 0.3) is 0 Å². The molecule has 4 rings (SSSR count). The third-order valence-electron chi connectivity index (χ3n) is 3.66. The smallest absolute Gasteiger partial charge is 0.337 e. The molecule has 0 aliphatic rings. The fourth-order valence-electron chi connectivity index (χ4n) is 2.51. The summed E-state index contributed by atoms with van der Waals surface area (Å²) in [4.78, 5) is 17.2. The summed E-state index contributed by atoms with van der Waals surface area (Å²) in [5.74, 6) is -0.325. The van der Waals surface area contributed by atoms with E-state index in [1.54, 1.807) is 17.4 Å². The Kier molecular flexibility index (Phi) is 3.43. The lowest BCUT2D eigenvalue weighted by atomic mass is 10.2. The van der Waals surface area contributed by atoms with Gasteiger partial charge in [0.15, 0.2) is 4.96 Å². The Morgan fingerprint density at radius 2 is 2.00 bits per heavy atom. The maximum atomic E-state index is 11.6. The number of hydrogen-bond acceptors (Lipinski definition) is 4. The topological polar surface area (TPSA) is 43.6 Å². The molecule has 2 heterocycles. The number of benzene rings is 2. The number of ether oxygens (including phenoxy) is 1. The van der Waals surface area contributed by atoms with E-state index in [2.05, 4.69) is 20.3 Å². The van der Waals surface area contributed by atoms with Crippen molar-refractivity contribution in [2.24, 2.45) is 0 Å². The van der Waals surface area contributed by atoms with Crippen molar-refractivity contribution in [1.29, 1.82) is 0 Å². The molecule has 0 spiro atoms. The maximum Gasteiger partial charge on any atom is 0.337 e. The fraction of sp³-hybridized carbons (Fsp3) is 0.0588. The largest absolute Gasteiger partial charge is 0.465 e. The van der Waals surface area contributed by atoms with Crippen LogP contribution in [0.1, 0.15) is 10.4 Å². The van der Waals surface area contributed by atoms with E-state index in [4.69, 9.17) is 9.72 Å². The van der Waals surface area contributed by atoms with Crippen LogP contribution in [0.15, 0.2) is 53.1 Å². The van der Waals surface area contributed by atoms with E-state index in [9.17, 15) is 4.79 Å². The molecule has 0 saturated heterocycles. The SMILES string of the molecule is COC(=O)c1ccc2c(c1)sc1nc(-c3ccc(Br)cc3)cn12. The van der Waals surface area contributed by atoms with Crippen LogP contribution in [0.4, 0.5) is 0 Å². The number of thiazole rings is 1. The average Bonchev–Trinajstić information content (AvgIpc) is 3.11. The Hall–Kier alpha value is -2.18. The highest BCUT2D eigenvalue weighted by Crippen LogP contribution is 2.30. The summed E-state index contributed by atoms with van der Waals surface area (Å²) in [6, 6.07) is 13.6. The normalized spacial score (nSPS) is 11.2. The summed E-state index contributed by atoms with van der Waals surface area (Å²) in [6.07, 6.45) is 2.02. The summed E-state index contributed by atoms with van der Waals surface area (Å²) in [7, 11) is 1.39. The maximum absolute atomic E-state index is 11.6. The first-order valence-corrected chi connectivity index (χ1v) is 8.52. The highest BCUT2D eigenvalue weighted by atomic mass is 79.9. The number of fused-ring (bicyclic) bond motifs is 3. The van der Waals surface area contributed by atoms with Crippen molar-refractivity contribution in [2.75, 3.05) is 7.11 Å². The number of carbonyl (C=O) groups excluding carboxylic acids is 1. The van der Waals surface area contributed by atoms with Gasteiger partial charge in [0.05, 0.1) is 28.6 Å². The Morgan fingerprint density at radius 1 is 1.22 bits per heavy atom. The second-order valence-corrected chi connectivity index (χ2v) is 6.99. The van der Waals surface area contributed by atoms with Gasteiger partial charge < -0.3 is 4.74 Å². The Labute approximate surface area is 144 Å². The highest BCUT2D eigenvalue weighted by Gasteiger charge is 2.13. The molecular formula is C17H11BrN2O2S. The Balaban J connectivity index is 1.84. The van der Waals surface area contributed by atoms with Gasteiger partial charge in [-0.3, -0.25) is 4.40 Å². The zero-order chi connectivity index (χ0) is 16.0. The number of aromatic nitrogens is 2. The molecule has 0 N–H and O–H groups in total. The molecule has 0 aliphatic carbocycles. The minimum Gasteiger partial charge on any atom is -0.465 e. The molecule has 0 saturated carbocycles. The van der Waals surface area contributed by atoms with Crippen molar-refractivity contribution in [1.82, 2.24) is 9.38 Å². The van der Waals surface area contributed by atoms with Gasteiger partial charge in [0.1, 0.15) is 0 Å². The molecule has 4 nitrogen and oxygen atoms in total. The second-order valence-electron chi connectivity index (χ2n) is 5.06. The molecule has 0 atom stereocenters. The first kappa shape index (κ1) is 14.4. The molecular weight excluding hydrogens is 376 g/mol. The van der Waals surface area contributed by atoms with Crippen molar-refractivity contribution in [3.05, 3.63) is 58.7 Å². The van der Waals surface area contributed by atoms with Crippen LogP contribution in [-0.2, 0) is 4.74 Å². The lowest BCUT2D eigenvalue weighted by Crippen LogP contribution is -2.00. The van der Waals surface area contributed by atoms with E-state index in [1.165, 1.54) is 7.11 Å². The number of rotatable bonds is 2. The lowest BCUT2D eigenvalue weighted by Gasteiger charge is -1.99. The van der Waals surface area contributed by atoms with Crippen LogP contribution < -0.4 is 0 Å². The predicted octanol–water partition coefficient (Wildman–Crippen LogP) is 4.77. The first-order chi connectivity index (χ1) is 11.2. The minimum atomic E-state index is -0.325. The molecule has 4 aromatic rings. The van der Waals surface area contributed by atoms with Gasteiger partial charge in [-0.1, -0.05) is 39.4 Å². The van der Waals surface area contributed by atoms with Crippen molar-refractivity contribution in [2.45, 2.75) is 0 Å². The molecule has 0 amide bonds. The van der Waals surface area contributed by atoms with Gasteiger partial charge in [-0.25, -0.2) is 9.78 Å². The second kappa shape index (κ2) is 5.47. The number of carbonyl (C=O) groups is 1.